The first-order chi connectivity index (χ1) is 7.37. The number of aromatic nitrogens is 3. The summed E-state index contributed by atoms with van der Waals surface area (Å²) in [6, 6.07) is 0. The third-order valence-electron chi connectivity index (χ3n) is 1.29. The minimum atomic E-state index is -4.02. The summed E-state index contributed by atoms with van der Waals surface area (Å²) in [5, 5.41) is 2.68. The maximum absolute atomic E-state index is 10.4. The van der Waals surface area contributed by atoms with Crippen molar-refractivity contribution < 1.29 is 13.0 Å². The number of nitrogens with one attached hydrogen (secondary N) is 1. The van der Waals surface area contributed by atoms with E-state index in [1.54, 1.807) is 0 Å². The van der Waals surface area contributed by atoms with Crippen molar-refractivity contribution in [3.05, 3.63) is 0 Å². The van der Waals surface area contributed by atoms with E-state index in [0.717, 1.165) is 0 Å². The highest BCUT2D eigenvalue weighted by Gasteiger charge is 2.05. The third-order valence-corrected chi connectivity index (χ3v) is 3.35. The Morgan fingerprint density at radius 3 is 2.31 bits per heavy atom. The van der Waals surface area contributed by atoms with Crippen molar-refractivity contribution in [3.63, 3.8) is 0 Å². The molecule has 0 saturated carbocycles. The molecule has 1 rings (SSSR count). The van der Waals surface area contributed by atoms with Gasteiger partial charge in [-0.1, -0.05) is 0 Å². The summed E-state index contributed by atoms with van der Waals surface area (Å²) >= 11 is 0. The zero-order valence-electron chi connectivity index (χ0n) is 7.99. The SMILES string of the molecule is Nc1nc(N)nc(NCCSS(=O)(=O)O)n1. The van der Waals surface area contributed by atoms with Crippen LogP contribution in [0, 0.1) is 0 Å². The van der Waals surface area contributed by atoms with Crippen molar-refractivity contribution in [3.8, 4) is 0 Å². The molecule has 0 aliphatic rings. The molecule has 90 valence electrons. The van der Waals surface area contributed by atoms with Crippen LogP contribution in [-0.2, 0) is 9.15 Å². The number of anilines is 3. The quantitative estimate of drug-likeness (QED) is 0.295. The first kappa shape index (κ1) is 12.7. The summed E-state index contributed by atoms with van der Waals surface area (Å²) in [7, 11) is -3.63. The van der Waals surface area contributed by atoms with Crippen LogP contribution in [0.2, 0.25) is 0 Å². The predicted octanol–water partition coefficient (Wildman–Crippen LogP) is -1.02. The lowest BCUT2D eigenvalue weighted by molar-refractivity contribution is 0.503. The number of hydrogen-bond acceptors (Lipinski definition) is 9. The summed E-state index contributed by atoms with van der Waals surface area (Å²) in [5.41, 5.74) is 10.6. The van der Waals surface area contributed by atoms with Crippen LogP contribution >= 0.6 is 10.8 Å². The van der Waals surface area contributed by atoms with E-state index >= 15 is 0 Å². The minimum absolute atomic E-state index is 0.0302. The Bertz CT molecular complexity index is 443. The van der Waals surface area contributed by atoms with E-state index in [0.29, 0.717) is 10.8 Å². The average Bonchev–Trinajstić information content (AvgIpc) is 2.09. The number of nitrogen functional groups attached to an aromatic ring is 2. The van der Waals surface area contributed by atoms with Crippen molar-refractivity contribution in [2.45, 2.75) is 0 Å². The van der Waals surface area contributed by atoms with Crippen LogP contribution in [0.5, 0.6) is 0 Å². The van der Waals surface area contributed by atoms with Gasteiger partial charge in [0, 0.05) is 12.3 Å². The van der Waals surface area contributed by atoms with E-state index in [4.69, 9.17) is 16.0 Å². The fraction of sp³-hybridized carbons (Fsp3) is 0.400. The Morgan fingerprint density at radius 2 is 1.81 bits per heavy atom. The van der Waals surface area contributed by atoms with Gasteiger partial charge in [0.2, 0.25) is 17.8 Å². The van der Waals surface area contributed by atoms with Gasteiger partial charge in [-0.25, -0.2) is 0 Å². The molecular formula is C5H10N6O3S2. The molecule has 1 heterocycles. The molecule has 0 aromatic carbocycles. The monoisotopic (exact) mass is 266 g/mol. The second-order valence-electron chi connectivity index (χ2n) is 2.55. The second kappa shape index (κ2) is 5.14. The van der Waals surface area contributed by atoms with Crippen molar-refractivity contribution in [2.75, 3.05) is 29.1 Å². The van der Waals surface area contributed by atoms with E-state index in [-0.39, 0.29) is 30.1 Å². The largest absolute Gasteiger partial charge is 0.368 e. The molecular weight excluding hydrogens is 256 g/mol. The van der Waals surface area contributed by atoms with Gasteiger partial charge in [0.25, 0.3) is 0 Å². The van der Waals surface area contributed by atoms with E-state index in [2.05, 4.69) is 20.3 Å². The molecule has 11 heteroatoms. The molecule has 0 radical (unpaired) electrons. The molecule has 0 spiro atoms. The first-order valence-electron chi connectivity index (χ1n) is 3.99. The fourth-order valence-corrected chi connectivity index (χ4v) is 2.08. The molecule has 6 N–H and O–H groups in total. The van der Waals surface area contributed by atoms with Crippen LogP contribution in [0.1, 0.15) is 0 Å². The molecule has 0 unspecified atom stereocenters. The van der Waals surface area contributed by atoms with Crippen molar-refractivity contribution >= 4 is 37.8 Å². The first-order valence-corrected chi connectivity index (χ1v) is 6.94. The molecule has 1 aromatic rings. The lowest BCUT2D eigenvalue weighted by atomic mass is 10.7. The van der Waals surface area contributed by atoms with E-state index in [1.807, 2.05) is 0 Å². The molecule has 0 bridgehead atoms. The van der Waals surface area contributed by atoms with Gasteiger partial charge in [-0.2, -0.15) is 23.4 Å². The van der Waals surface area contributed by atoms with Crippen LogP contribution in [0.15, 0.2) is 0 Å². The Hall–Kier alpha value is -1.33. The van der Waals surface area contributed by atoms with E-state index < -0.39 is 9.15 Å². The van der Waals surface area contributed by atoms with E-state index in [1.165, 1.54) is 0 Å². The Kier molecular flexibility index (Phi) is 4.09. The summed E-state index contributed by atoms with van der Waals surface area (Å²) in [5.74, 6) is 0.223. The highest BCUT2D eigenvalue weighted by molar-refractivity contribution is 8.69. The molecule has 0 amide bonds. The van der Waals surface area contributed by atoms with Gasteiger partial charge < -0.3 is 16.8 Å². The molecule has 0 aliphatic heterocycles. The van der Waals surface area contributed by atoms with Crippen molar-refractivity contribution in [1.82, 2.24) is 15.0 Å². The van der Waals surface area contributed by atoms with E-state index in [9.17, 15) is 8.42 Å². The highest BCUT2D eigenvalue weighted by Crippen LogP contribution is 2.09. The Morgan fingerprint density at radius 1 is 1.25 bits per heavy atom. The Balaban J connectivity index is 2.43. The topological polar surface area (TPSA) is 157 Å². The lowest BCUT2D eigenvalue weighted by Crippen LogP contribution is -2.12. The molecule has 0 saturated heterocycles. The van der Waals surface area contributed by atoms with Crippen LogP contribution < -0.4 is 16.8 Å². The average molecular weight is 266 g/mol. The van der Waals surface area contributed by atoms with Crippen molar-refractivity contribution in [1.29, 1.82) is 0 Å². The van der Waals surface area contributed by atoms with Gasteiger partial charge >= 0.3 is 9.15 Å². The fourth-order valence-electron chi connectivity index (χ4n) is 0.798. The predicted molar refractivity (Wildman–Crippen MR) is 61.1 cm³/mol. The number of rotatable bonds is 5. The third kappa shape index (κ3) is 4.95. The molecule has 16 heavy (non-hydrogen) atoms. The maximum atomic E-state index is 10.4. The highest BCUT2D eigenvalue weighted by atomic mass is 33.1. The summed E-state index contributed by atoms with van der Waals surface area (Å²) in [6.07, 6.45) is 0. The molecule has 1 aromatic heterocycles. The van der Waals surface area contributed by atoms with Crippen LogP contribution in [0.25, 0.3) is 0 Å². The molecule has 0 fully saturated rings. The van der Waals surface area contributed by atoms with Crippen molar-refractivity contribution in [2.24, 2.45) is 0 Å². The second-order valence-corrected chi connectivity index (χ2v) is 6.02. The van der Waals surface area contributed by atoms with Gasteiger partial charge in [-0.15, -0.1) is 0 Å². The van der Waals surface area contributed by atoms with Gasteiger partial charge in [-0.05, 0) is 10.8 Å². The number of hydrogen-bond donors (Lipinski definition) is 4. The Labute approximate surface area is 95.2 Å². The zero-order chi connectivity index (χ0) is 12.2. The summed E-state index contributed by atoms with van der Waals surface area (Å²) < 4.78 is 29.1. The summed E-state index contributed by atoms with van der Waals surface area (Å²) in [4.78, 5) is 11.0. The van der Waals surface area contributed by atoms with Gasteiger partial charge in [-0.3, -0.25) is 4.55 Å². The smallest absolute Gasteiger partial charge is 0.319 e. The number of nitrogens with zero attached hydrogens (tertiary/aromatic N) is 3. The van der Waals surface area contributed by atoms with Gasteiger partial charge in [0.05, 0.1) is 0 Å². The standard InChI is InChI=1S/C5H10N6O3S2/c6-3-9-4(7)11-5(10-3)8-1-2-15-16(12,13)14/h1-2H2,(H,12,13,14)(H5,6,7,8,9,10,11). The van der Waals surface area contributed by atoms with Gasteiger partial charge in [0.1, 0.15) is 0 Å². The van der Waals surface area contributed by atoms with Crippen LogP contribution in [-0.4, -0.2) is 40.2 Å². The van der Waals surface area contributed by atoms with Crippen LogP contribution in [0.4, 0.5) is 17.8 Å². The van der Waals surface area contributed by atoms with Crippen LogP contribution in [0.3, 0.4) is 0 Å². The molecule has 0 aliphatic carbocycles. The summed E-state index contributed by atoms with van der Waals surface area (Å²) in [6.45, 7) is 0.230. The maximum Gasteiger partial charge on any atom is 0.319 e. The normalized spacial score (nSPS) is 11.3. The van der Waals surface area contributed by atoms with Gasteiger partial charge in [0.15, 0.2) is 0 Å². The molecule has 0 atom stereocenters. The zero-order valence-corrected chi connectivity index (χ0v) is 9.62. The number of nitrogens with two attached hydrogens (primary N) is 2. The lowest BCUT2D eigenvalue weighted by Gasteiger charge is -2.04. The minimum Gasteiger partial charge on any atom is -0.368 e. The molecule has 9 nitrogen and oxygen atoms in total.